The van der Waals surface area contributed by atoms with Crippen LogP contribution in [0.15, 0.2) is 23.6 Å². The minimum Gasteiger partial charge on any atom is -0.313 e. The van der Waals surface area contributed by atoms with E-state index in [4.69, 9.17) is 23.2 Å². The van der Waals surface area contributed by atoms with Crippen LogP contribution in [0.5, 0.6) is 0 Å². The molecular formula is C16H20Cl2N2S. The molecule has 0 fully saturated rings. The van der Waals surface area contributed by atoms with Gasteiger partial charge in [0.1, 0.15) is 0 Å². The molecule has 1 N–H and O–H groups in total. The van der Waals surface area contributed by atoms with Gasteiger partial charge in [-0.25, -0.2) is 4.98 Å². The van der Waals surface area contributed by atoms with Gasteiger partial charge < -0.3 is 5.32 Å². The summed E-state index contributed by atoms with van der Waals surface area (Å²) < 4.78 is 0. The van der Waals surface area contributed by atoms with Gasteiger partial charge >= 0.3 is 0 Å². The number of thiazole rings is 1. The number of hydrogen-bond donors (Lipinski definition) is 1. The lowest BCUT2D eigenvalue weighted by atomic mass is 10.0. The number of aryl methyl sites for hydroxylation is 1. The average Bonchev–Trinajstić information content (AvgIpc) is 2.85. The summed E-state index contributed by atoms with van der Waals surface area (Å²) in [7, 11) is 0. The fourth-order valence-corrected chi connectivity index (χ4v) is 3.47. The first-order chi connectivity index (χ1) is 10.1. The third kappa shape index (κ3) is 4.96. The lowest BCUT2D eigenvalue weighted by Crippen LogP contribution is -2.34. The van der Waals surface area contributed by atoms with Crippen molar-refractivity contribution in [3.05, 3.63) is 49.9 Å². The summed E-state index contributed by atoms with van der Waals surface area (Å²) in [5, 5.41) is 8.29. The van der Waals surface area contributed by atoms with E-state index in [9.17, 15) is 0 Å². The van der Waals surface area contributed by atoms with Gasteiger partial charge in [-0.15, -0.1) is 11.3 Å². The average molecular weight is 343 g/mol. The molecule has 0 aliphatic rings. The second-order valence-electron chi connectivity index (χ2n) is 5.12. The van der Waals surface area contributed by atoms with Gasteiger partial charge in [-0.2, -0.15) is 0 Å². The Hall–Kier alpha value is -0.610. The summed E-state index contributed by atoms with van der Waals surface area (Å²) in [6.45, 7) is 5.18. The molecule has 2 rings (SSSR count). The zero-order valence-corrected chi connectivity index (χ0v) is 14.7. The predicted octanol–water partition coefficient (Wildman–Crippen LogP) is 4.91. The van der Waals surface area contributed by atoms with E-state index in [1.165, 1.54) is 0 Å². The number of benzene rings is 1. The van der Waals surface area contributed by atoms with Crippen molar-refractivity contribution in [2.24, 2.45) is 0 Å². The Kier molecular flexibility index (Phi) is 6.49. The van der Waals surface area contributed by atoms with Crippen molar-refractivity contribution in [1.29, 1.82) is 0 Å². The first-order valence-corrected chi connectivity index (χ1v) is 8.81. The Morgan fingerprint density at radius 2 is 1.95 bits per heavy atom. The maximum Gasteiger partial charge on any atom is 0.0897 e. The lowest BCUT2D eigenvalue weighted by Gasteiger charge is -2.19. The Bertz CT molecular complexity index is 563. The van der Waals surface area contributed by atoms with Crippen molar-refractivity contribution in [2.45, 2.75) is 39.2 Å². The molecule has 1 unspecified atom stereocenters. The molecular weight excluding hydrogens is 323 g/mol. The maximum atomic E-state index is 6.29. The first kappa shape index (κ1) is 16.8. The number of aromatic nitrogens is 1. The SMILES string of the molecule is CCCNC(Cc1csc(C)n1)Cc1c(Cl)cccc1Cl. The van der Waals surface area contributed by atoms with Gasteiger partial charge in [0, 0.05) is 27.9 Å². The van der Waals surface area contributed by atoms with Crippen LogP contribution in [0.4, 0.5) is 0 Å². The van der Waals surface area contributed by atoms with Crippen LogP contribution in [-0.2, 0) is 12.8 Å². The zero-order valence-electron chi connectivity index (χ0n) is 12.3. The van der Waals surface area contributed by atoms with Gasteiger partial charge in [0.2, 0.25) is 0 Å². The summed E-state index contributed by atoms with van der Waals surface area (Å²) >= 11 is 14.3. The van der Waals surface area contributed by atoms with E-state index in [0.29, 0.717) is 6.04 Å². The smallest absolute Gasteiger partial charge is 0.0897 e. The molecule has 0 saturated heterocycles. The van der Waals surface area contributed by atoms with Crippen LogP contribution in [0.1, 0.15) is 29.6 Å². The van der Waals surface area contributed by atoms with Crippen molar-refractivity contribution in [2.75, 3.05) is 6.54 Å². The van der Waals surface area contributed by atoms with E-state index in [1.54, 1.807) is 11.3 Å². The van der Waals surface area contributed by atoms with Gasteiger partial charge in [0.05, 0.1) is 10.7 Å². The van der Waals surface area contributed by atoms with Gasteiger partial charge in [0.25, 0.3) is 0 Å². The molecule has 1 atom stereocenters. The summed E-state index contributed by atoms with van der Waals surface area (Å²) in [4.78, 5) is 4.56. The van der Waals surface area contributed by atoms with Gasteiger partial charge in [-0.1, -0.05) is 36.2 Å². The van der Waals surface area contributed by atoms with E-state index in [0.717, 1.165) is 52.1 Å². The highest BCUT2D eigenvalue weighted by Gasteiger charge is 2.15. The minimum atomic E-state index is 0.295. The van der Waals surface area contributed by atoms with Crippen LogP contribution in [0.2, 0.25) is 10.0 Å². The predicted molar refractivity (Wildman–Crippen MR) is 92.8 cm³/mol. The summed E-state index contributed by atoms with van der Waals surface area (Å²) in [5.74, 6) is 0. The Morgan fingerprint density at radius 1 is 1.24 bits per heavy atom. The van der Waals surface area contributed by atoms with Gasteiger partial charge in [-0.3, -0.25) is 0 Å². The topological polar surface area (TPSA) is 24.9 Å². The highest BCUT2D eigenvalue weighted by molar-refractivity contribution is 7.09. The highest BCUT2D eigenvalue weighted by Crippen LogP contribution is 2.26. The van der Waals surface area contributed by atoms with E-state index in [-0.39, 0.29) is 0 Å². The fraction of sp³-hybridized carbons (Fsp3) is 0.438. The number of hydrogen-bond acceptors (Lipinski definition) is 3. The fourth-order valence-electron chi connectivity index (χ4n) is 2.29. The molecule has 5 heteroatoms. The third-order valence-corrected chi connectivity index (χ3v) is 4.85. The van der Waals surface area contributed by atoms with Crippen LogP contribution in [0.3, 0.4) is 0 Å². The second-order valence-corrected chi connectivity index (χ2v) is 6.99. The molecule has 0 aliphatic carbocycles. The van der Waals surface area contributed by atoms with Gasteiger partial charge in [0.15, 0.2) is 0 Å². The summed E-state index contributed by atoms with van der Waals surface area (Å²) in [6, 6.07) is 5.97. The summed E-state index contributed by atoms with van der Waals surface area (Å²) in [6.07, 6.45) is 2.81. The number of nitrogens with zero attached hydrogens (tertiary/aromatic N) is 1. The molecule has 1 aromatic heterocycles. The summed E-state index contributed by atoms with van der Waals surface area (Å²) in [5.41, 5.74) is 2.15. The monoisotopic (exact) mass is 342 g/mol. The van der Waals surface area contributed by atoms with Crippen LogP contribution in [0, 0.1) is 6.92 Å². The molecule has 0 amide bonds. The molecule has 0 radical (unpaired) electrons. The van der Waals surface area contributed by atoms with Crippen LogP contribution >= 0.6 is 34.5 Å². The number of halogens is 2. The molecule has 1 heterocycles. The van der Waals surface area contributed by atoms with Crippen LogP contribution in [-0.4, -0.2) is 17.6 Å². The first-order valence-electron chi connectivity index (χ1n) is 7.17. The number of nitrogens with one attached hydrogen (secondary N) is 1. The highest BCUT2D eigenvalue weighted by atomic mass is 35.5. The van der Waals surface area contributed by atoms with E-state index in [2.05, 4.69) is 22.6 Å². The molecule has 0 saturated carbocycles. The van der Waals surface area contributed by atoms with Crippen molar-refractivity contribution >= 4 is 34.5 Å². The van der Waals surface area contributed by atoms with Crippen molar-refractivity contribution in [3.8, 4) is 0 Å². The molecule has 2 aromatic rings. The normalized spacial score (nSPS) is 12.6. The lowest BCUT2D eigenvalue weighted by molar-refractivity contribution is 0.501. The molecule has 1 aromatic carbocycles. The van der Waals surface area contributed by atoms with Crippen molar-refractivity contribution < 1.29 is 0 Å². The van der Waals surface area contributed by atoms with E-state index >= 15 is 0 Å². The van der Waals surface area contributed by atoms with E-state index in [1.807, 2.05) is 25.1 Å². The third-order valence-electron chi connectivity index (χ3n) is 3.32. The van der Waals surface area contributed by atoms with Gasteiger partial charge in [-0.05, 0) is 44.0 Å². The van der Waals surface area contributed by atoms with E-state index < -0.39 is 0 Å². The minimum absolute atomic E-state index is 0.295. The largest absolute Gasteiger partial charge is 0.313 e. The zero-order chi connectivity index (χ0) is 15.2. The molecule has 21 heavy (non-hydrogen) atoms. The molecule has 114 valence electrons. The molecule has 0 bridgehead atoms. The molecule has 0 aliphatic heterocycles. The quantitative estimate of drug-likeness (QED) is 0.772. The Morgan fingerprint density at radius 3 is 2.52 bits per heavy atom. The number of rotatable bonds is 7. The standard InChI is InChI=1S/C16H20Cl2N2S/c1-3-7-19-12(8-13-10-21-11(2)20-13)9-14-15(17)5-4-6-16(14)18/h4-6,10,12,19H,3,7-9H2,1-2H3. The van der Waals surface area contributed by atoms with Crippen molar-refractivity contribution in [3.63, 3.8) is 0 Å². The maximum absolute atomic E-state index is 6.29. The Balaban J connectivity index is 2.12. The molecule has 0 spiro atoms. The van der Waals surface area contributed by atoms with Crippen LogP contribution < -0.4 is 5.32 Å². The van der Waals surface area contributed by atoms with Crippen LogP contribution in [0.25, 0.3) is 0 Å². The van der Waals surface area contributed by atoms with Crippen molar-refractivity contribution in [1.82, 2.24) is 10.3 Å². The Labute approximate surface area is 140 Å². The second kappa shape index (κ2) is 8.14. The molecule has 2 nitrogen and oxygen atoms in total.